The van der Waals surface area contributed by atoms with Crippen molar-refractivity contribution in [3.8, 4) is 5.75 Å². The molecular weight excluding hydrogens is 325 g/mol. The minimum atomic E-state index is -0.349. The van der Waals surface area contributed by atoms with Gasteiger partial charge in [0.05, 0.1) is 5.56 Å². The van der Waals surface area contributed by atoms with E-state index in [0.29, 0.717) is 37.5 Å². The lowest BCUT2D eigenvalue weighted by Gasteiger charge is -2.34. The van der Waals surface area contributed by atoms with Crippen molar-refractivity contribution >= 4 is 11.8 Å². The lowest BCUT2D eigenvalue weighted by atomic mass is 10.2. The molecule has 2 amide bonds. The second-order valence-electron chi connectivity index (χ2n) is 5.98. The second kappa shape index (κ2) is 7.38. The quantitative estimate of drug-likeness (QED) is 0.844. The number of aryl methyl sites for hydroxylation is 1. The topological polar surface area (TPSA) is 54.8 Å². The monoisotopic (exact) mass is 345 g/mol. The van der Waals surface area contributed by atoms with Crippen LogP contribution in [0.2, 0.25) is 0 Å². The molecule has 0 bridgehead atoms. The van der Waals surface area contributed by atoms with E-state index >= 15 is 0 Å². The average molecular weight is 345 g/mol. The summed E-state index contributed by atoms with van der Waals surface area (Å²) < 4.78 is 20.1. The van der Waals surface area contributed by atoms with Gasteiger partial charge in [0.2, 0.25) is 0 Å². The lowest BCUT2D eigenvalue weighted by Crippen LogP contribution is -2.51. The Hall–Kier alpha value is -2.83. The minimum absolute atomic E-state index is 0.0183. The predicted octanol–water partition coefficient (Wildman–Crippen LogP) is 1.53. The SMILES string of the molecule is Cn1ccc(C(=O)N2CCN(C(=O)COc3ccc(F)cc3)CC2)c1. The molecule has 1 aromatic heterocycles. The second-order valence-corrected chi connectivity index (χ2v) is 5.98. The van der Waals surface area contributed by atoms with Crippen molar-refractivity contribution in [3.05, 3.63) is 54.1 Å². The minimum Gasteiger partial charge on any atom is -0.484 e. The maximum atomic E-state index is 12.8. The predicted molar refractivity (Wildman–Crippen MR) is 89.8 cm³/mol. The van der Waals surface area contributed by atoms with Gasteiger partial charge in [-0.1, -0.05) is 0 Å². The molecule has 0 N–H and O–H groups in total. The molecule has 0 atom stereocenters. The molecule has 1 aromatic carbocycles. The third-order valence-corrected chi connectivity index (χ3v) is 4.17. The highest BCUT2D eigenvalue weighted by molar-refractivity contribution is 5.94. The fourth-order valence-electron chi connectivity index (χ4n) is 2.74. The first-order valence-corrected chi connectivity index (χ1v) is 8.10. The summed E-state index contributed by atoms with van der Waals surface area (Å²) in [5.41, 5.74) is 0.655. The first-order valence-electron chi connectivity index (χ1n) is 8.10. The molecule has 0 spiro atoms. The number of nitrogens with zero attached hydrogens (tertiary/aromatic N) is 3. The van der Waals surface area contributed by atoms with Gasteiger partial charge in [0.1, 0.15) is 11.6 Å². The van der Waals surface area contributed by atoms with Gasteiger partial charge in [-0.05, 0) is 30.3 Å². The molecule has 1 aliphatic rings. The van der Waals surface area contributed by atoms with Crippen LogP contribution in [0.3, 0.4) is 0 Å². The van der Waals surface area contributed by atoms with Crippen LogP contribution in [0.25, 0.3) is 0 Å². The van der Waals surface area contributed by atoms with Crippen LogP contribution in [0.15, 0.2) is 42.7 Å². The molecule has 1 aliphatic heterocycles. The van der Waals surface area contributed by atoms with Crippen LogP contribution in [0, 0.1) is 5.82 Å². The Morgan fingerprint density at radius 1 is 1.04 bits per heavy atom. The molecule has 7 heteroatoms. The van der Waals surface area contributed by atoms with Crippen LogP contribution < -0.4 is 4.74 Å². The molecule has 132 valence electrons. The third kappa shape index (κ3) is 4.17. The molecule has 2 heterocycles. The van der Waals surface area contributed by atoms with E-state index in [2.05, 4.69) is 0 Å². The molecule has 1 saturated heterocycles. The van der Waals surface area contributed by atoms with Gasteiger partial charge in [0.25, 0.3) is 11.8 Å². The summed E-state index contributed by atoms with van der Waals surface area (Å²) in [5, 5.41) is 0. The fourth-order valence-corrected chi connectivity index (χ4v) is 2.74. The van der Waals surface area contributed by atoms with Gasteiger partial charge in [-0.15, -0.1) is 0 Å². The standard InChI is InChI=1S/C18H20FN3O3/c1-20-7-6-14(12-20)18(24)22-10-8-21(9-11-22)17(23)13-25-16-4-2-15(19)3-5-16/h2-7,12H,8-11,13H2,1H3. The Balaban J connectivity index is 1.47. The van der Waals surface area contributed by atoms with Crippen molar-refractivity contribution in [1.29, 1.82) is 0 Å². The molecule has 25 heavy (non-hydrogen) atoms. The maximum Gasteiger partial charge on any atom is 0.260 e. The normalized spacial score (nSPS) is 14.5. The largest absolute Gasteiger partial charge is 0.484 e. The van der Waals surface area contributed by atoms with Crippen LogP contribution in [-0.2, 0) is 11.8 Å². The van der Waals surface area contributed by atoms with Crippen molar-refractivity contribution in [1.82, 2.24) is 14.4 Å². The highest BCUT2D eigenvalue weighted by Gasteiger charge is 2.25. The average Bonchev–Trinajstić information content (AvgIpc) is 3.07. The number of benzene rings is 1. The smallest absolute Gasteiger partial charge is 0.260 e. The third-order valence-electron chi connectivity index (χ3n) is 4.17. The molecule has 0 saturated carbocycles. The summed E-state index contributed by atoms with van der Waals surface area (Å²) in [5.74, 6) is -0.0584. The van der Waals surface area contributed by atoms with Gasteiger partial charge in [-0.2, -0.15) is 0 Å². The number of rotatable bonds is 4. The zero-order valence-electron chi connectivity index (χ0n) is 14.0. The Morgan fingerprint density at radius 2 is 1.68 bits per heavy atom. The molecule has 0 radical (unpaired) electrons. The van der Waals surface area contributed by atoms with E-state index in [9.17, 15) is 14.0 Å². The number of hydrogen-bond donors (Lipinski definition) is 0. The lowest BCUT2D eigenvalue weighted by molar-refractivity contribution is -0.134. The number of amides is 2. The van der Waals surface area contributed by atoms with Gasteiger partial charge in [0.15, 0.2) is 6.61 Å². The van der Waals surface area contributed by atoms with Gasteiger partial charge in [-0.3, -0.25) is 9.59 Å². The molecule has 6 nitrogen and oxygen atoms in total. The van der Waals surface area contributed by atoms with Gasteiger partial charge in [0, 0.05) is 45.6 Å². The highest BCUT2D eigenvalue weighted by Crippen LogP contribution is 2.12. The van der Waals surface area contributed by atoms with E-state index < -0.39 is 0 Å². The Kier molecular flexibility index (Phi) is 5.02. The van der Waals surface area contributed by atoms with Crippen molar-refractivity contribution in [3.63, 3.8) is 0 Å². The van der Waals surface area contributed by atoms with E-state index in [1.54, 1.807) is 22.1 Å². The van der Waals surface area contributed by atoms with Crippen LogP contribution in [-0.4, -0.2) is 59.0 Å². The van der Waals surface area contributed by atoms with E-state index in [1.807, 2.05) is 17.8 Å². The molecular formula is C18H20FN3O3. The number of aromatic nitrogens is 1. The molecule has 3 rings (SSSR count). The summed E-state index contributed by atoms with van der Waals surface area (Å²) in [6, 6.07) is 7.33. The number of halogens is 1. The van der Waals surface area contributed by atoms with E-state index in [0.717, 1.165) is 0 Å². The van der Waals surface area contributed by atoms with Gasteiger partial charge < -0.3 is 19.1 Å². The van der Waals surface area contributed by atoms with Gasteiger partial charge >= 0.3 is 0 Å². The van der Waals surface area contributed by atoms with Crippen molar-refractivity contribution < 1.29 is 18.7 Å². The zero-order valence-corrected chi connectivity index (χ0v) is 14.0. The molecule has 0 aliphatic carbocycles. The number of hydrogen-bond acceptors (Lipinski definition) is 3. The summed E-state index contributed by atoms with van der Waals surface area (Å²) in [4.78, 5) is 28.0. The molecule has 0 unspecified atom stereocenters. The molecule has 1 fully saturated rings. The van der Waals surface area contributed by atoms with Crippen LogP contribution in [0.4, 0.5) is 4.39 Å². The number of ether oxygens (including phenoxy) is 1. The van der Waals surface area contributed by atoms with Crippen LogP contribution in [0.5, 0.6) is 5.75 Å². The van der Waals surface area contributed by atoms with Crippen LogP contribution >= 0.6 is 0 Å². The van der Waals surface area contributed by atoms with Crippen molar-refractivity contribution in [2.45, 2.75) is 0 Å². The van der Waals surface area contributed by atoms with Gasteiger partial charge in [-0.25, -0.2) is 4.39 Å². The fraction of sp³-hybridized carbons (Fsp3) is 0.333. The maximum absolute atomic E-state index is 12.8. The first-order chi connectivity index (χ1) is 12.0. The summed E-state index contributed by atoms with van der Waals surface area (Å²) in [6.07, 6.45) is 3.62. The Bertz CT molecular complexity index is 749. The molecule has 2 aromatic rings. The zero-order chi connectivity index (χ0) is 17.8. The number of carbonyl (C=O) groups excluding carboxylic acids is 2. The Labute approximate surface area is 145 Å². The Morgan fingerprint density at radius 3 is 2.28 bits per heavy atom. The van der Waals surface area contributed by atoms with E-state index in [1.165, 1.54) is 24.3 Å². The summed E-state index contributed by atoms with van der Waals surface area (Å²) >= 11 is 0. The van der Waals surface area contributed by atoms with E-state index in [4.69, 9.17) is 4.74 Å². The van der Waals surface area contributed by atoms with Crippen molar-refractivity contribution in [2.75, 3.05) is 32.8 Å². The number of piperazine rings is 1. The van der Waals surface area contributed by atoms with E-state index in [-0.39, 0.29) is 24.2 Å². The summed E-state index contributed by atoms with van der Waals surface area (Å²) in [6.45, 7) is 1.85. The highest BCUT2D eigenvalue weighted by atomic mass is 19.1. The first kappa shape index (κ1) is 17.0. The number of carbonyl (C=O) groups is 2. The summed E-state index contributed by atoms with van der Waals surface area (Å²) in [7, 11) is 1.87. The van der Waals surface area contributed by atoms with Crippen molar-refractivity contribution in [2.24, 2.45) is 7.05 Å². The van der Waals surface area contributed by atoms with Crippen LogP contribution in [0.1, 0.15) is 10.4 Å².